The van der Waals surface area contributed by atoms with E-state index in [-0.39, 0.29) is 11.8 Å². The van der Waals surface area contributed by atoms with Crippen LogP contribution in [0.15, 0.2) is 55.1 Å². The minimum absolute atomic E-state index is 0.0775. The molecule has 3 heterocycles. The van der Waals surface area contributed by atoms with Crippen molar-refractivity contribution >= 4 is 5.91 Å². The van der Waals surface area contributed by atoms with Crippen LogP contribution in [0.1, 0.15) is 34.8 Å². The zero-order valence-electron chi connectivity index (χ0n) is 13.8. The number of carbonyl (C=O) groups is 1. The van der Waals surface area contributed by atoms with E-state index >= 15 is 0 Å². The predicted octanol–water partition coefficient (Wildman–Crippen LogP) is 2.89. The molecule has 126 valence electrons. The number of aromatic nitrogens is 4. The number of hydrogen-bond acceptors (Lipinski definition) is 4. The number of likely N-dealkylation sites (tertiary alicyclic amines) is 1. The normalized spacial score (nSPS) is 17.4. The zero-order valence-corrected chi connectivity index (χ0v) is 13.8. The third-order valence-corrected chi connectivity index (χ3v) is 4.57. The van der Waals surface area contributed by atoms with Crippen LogP contribution in [-0.2, 0) is 0 Å². The van der Waals surface area contributed by atoms with Crippen molar-refractivity contribution in [2.75, 3.05) is 13.1 Å². The Kier molecular flexibility index (Phi) is 4.24. The third kappa shape index (κ3) is 3.15. The number of imidazole rings is 1. The van der Waals surface area contributed by atoms with Gasteiger partial charge in [0.05, 0.1) is 5.69 Å². The van der Waals surface area contributed by atoms with Gasteiger partial charge < -0.3 is 9.88 Å². The zero-order chi connectivity index (χ0) is 17.1. The van der Waals surface area contributed by atoms with Crippen molar-refractivity contribution in [3.63, 3.8) is 0 Å². The maximum atomic E-state index is 12.8. The summed E-state index contributed by atoms with van der Waals surface area (Å²) in [5.74, 6) is 0.957. The molecule has 0 radical (unpaired) electrons. The van der Waals surface area contributed by atoms with Crippen LogP contribution < -0.4 is 0 Å². The Morgan fingerprint density at radius 3 is 2.72 bits per heavy atom. The molecule has 1 N–H and O–H groups in total. The maximum absolute atomic E-state index is 12.8. The number of amides is 1. The molecule has 3 aromatic rings. The quantitative estimate of drug-likeness (QED) is 0.800. The molecule has 0 spiro atoms. The van der Waals surface area contributed by atoms with Crippen LogP contribution in [0.2, 0.25) is 0 Å². The van der Waals surface area contributed by atoms with Gasteiger partial charge in [-0.15, -0.1) is 0 Å². The van der Waals surface area contributed by atoms with Gasteiger partial charge >= 0.3 is 0 Å². The van der Waals surface area contributed by atoms with E-state index in [2.05, 4.69) is 19.9 Å². The van der Waals surface area contributed by atoms with Crippen molar-refractivity contribution in [2.24, 2.45) is 0 Å². The molecule has 1 aliphatic rings. The standard InChI is InChI=1S/C19H19N5O/c25-19(14-5-2-1-3-6-14)24-12-4-7-15(13-24)16-17(21-9-8-20-16)18-22-10-11-23-18/h1-3,5-6,8-11,15H,4,7,12-13H2,(H,22,23)/t15-/m1/s1. The molecule has 0 bridgehead atoms. The Hall–Kier alpha value is -3.02. The fourth-order valence-corrected chi connectivity index (χ4v) is 3.37. The van der Waals surface area contributed by atoms with Crippen LogP contribution in [0.4, 0.5) is 0 Å². The number of piperidine rings is 1. The fourth-order valence-electron chi connectivity index (χ4n) is 3.37. The third-order valence-electron chi connectivity index (χ3n) is 4.57. The summed E-state index contributed by atoms with van der Waals surface area (Å²) in [7, 11) is 0. The van der Waals surface area contributed by atoms with Crippen LogP contribution >= 0.6 is 0 Å². The summed E-state index contributed by atoms with van der Waals surface area (Å²) in [6, 6.07) is 9.44. The highest BCUT2D eigenvalue weighted by Crippen LogP contribution is 2.31. The van der Waals surface area contributed by atoms with Gasteiger partial charge in [0.2, 0.25) is 0 Å². The van der Waals surface area contributed by atoms with Crippen LogP contribution in [0.3, 0.4) is 0 Å². The largest absolute Gasteiger partial charge is 0.343 e. The molecule has 25 heavy (non-hydrogen) atoms. The highest BCUT2D eigenvalue weighted by molar-refractivity contribution is 5.94. The molecule has 1 fully saturated rings. The van der Waals surface area contributed by atoms with Gasteiger partial charge in [0.15, 0.2) is 5.82 Å². The molecule has 4 rings (SSSR count). The van der Waals surface area contributed by atoms with Crippen molar-refractivity contribution in [2.45, 2.75) is 18.8 Å². The SMILES string of the molecule is O=C(c1ccccc1)N1CCC[C@@H](c2nccnc2-c2ncc[nH]2)C1. The lowest BCUT2D eigenvalue weighted by Crippen LogP contribution is -2.39. The number of rotatable bonds is 3. The monoisotopic (exact) mass is 333 g/mol. The average Bonchev–Trinajstić information content (AvgIpc) is 3.23. The molecule has 1 atom stereocenters. The number of nitrogens with zero attached hydrogens (tertiary/aromatic N) is 4. The minimum Gasteiger partial charge on any atom is -0.343 e. The summed E-state index contributed by atoms with van der Waals surface area (Å²) in [6.07, 6.45) is 8.82. The number of nitrogens with one attached hydrogen (secondary N) is 1. The van der Waals surface area contributed by atoms with E-state index in [4.69, 9.17) is 0 Å². The smallest absolute Gasteiger partial charge is 0.253 e. The molecule has 2 aromatic heterocycles. The molecule has 0 aliphatic carbocycles. The summed E-state index contributed by atoms with van der Waals surface area (Å²) in [6.45, 7) is 1.43. The molecule has 0 unspecified atom stereocenters. The van der Waals surface area contributed by atoms with Crippen molar-refractivity contribution in [1.29, 1.82) is 0 Å². The second-order valence-corrected chi connectivity index (χ2v) is 6.18. The van der Waals surface area contributed by atoms with Crippen LogP contribution in [0.25, 0.3) is 11.5 Å². The van der Waals surface area contributed by atoms with E-state index in [0.29, 0.717) is 6.54 Å². The van der Waals surface area contributed by atoms with E-state index in [1.54, 1.807) is 24.8 Å². The van der Waals surface area contributed by atoms with E-state index in [9.17, 15) is 4.79 Å². The molecule has 6 heteroatoms. The van der Waals surface area contributed by atoms with Gasteiger partial charge in [-0.2, -0.15) is 0 Å². The lowest BCUT2D eigenvalue weighted by atomic mass is 9.92. The molecule has 1 saturated heterocycles. The second-order valence-electron chi connectivity index (χ2n) is 6.18. The molecule has 0 saturated carbocycles. The number of aromatic amines is 1. The first kappa shape index (κ1) is 15.5. The Morgan fingerprint density at radius 2 is 1.92 bits per heavy atom. The topological polar surface area (TPSA) is 74.8 Å². The summed E-state index contributed by atoms with van der Waals surface area (Å²) < 4.78 is 0. The Morgan fingerprint density at radius 1 is 1.08 bits per heavy atom. The second kappa shape index (κ2) is 6.84. The highest BCUT2D eigenvalue weighted by Gasteiger charge is 2.28. The number of benzene rings is 1. The van der Waals surface area contributed by atoms with Gasteiger partial charge in [-0.1, -0.05) is 18.2 Å². The van der Waals surface area contributed by atoms with Gasteiger partial charge in [-0.25, -0.2) is 9.97 Å². The van der Waals surface area contributed by atoms with Crippen LogP contribution in [0, 0.1) is 0 Å². The molecular weight excluding hydrogens is 314 g/mol. The Bertz CT molecular complexity index is 847. The van der Waals surface area contributed by atoms with E-state index in [1.807, 2.05) is 35.2 Å². The fraction of sp³-hybridized carbons (Fsp3) is 0.263. The Balaban J connectivity index is 1.59. The van der Waals surface area contributed by atoms with Crippen molar-refractivity contribution in [1.82, 2.24) is 24.8 Å². The van der Waals surface area contributed by atoms with Gasteiger partial charge in [-0.05, 0) is 25.0 Å². The van der Waals surface area contributed by atoms with Crippen molar-refractivity contribution < 1.29 is 4.79 Å². The molecule has 1 aromatic carbocycles. The van der Waals surface area contributed by atoms with Gasteiger partial charge in [0.1, 0.15) is 5.69 Å². The number of carbonyl (C=O) groups excluding carboxylic acids is 1. The van der Waals surface area contributed by atoms with Gasteiger partial charge in [-0.3, -0.25) is 9.78 Å². The van der Waals surface area contributed by atoms with Crippen LogP contribution in [0.5, 0.6) is 0 Å². The molecule has 1 aliphatic heterocycles. The van der Waals surface area contributed by atoms with Crippen molar-refractivity contribution in [3.05, 3.63) is 66.4 Å². The van der Waals surface area contributed by atoms with Crippen molar-refractivity contribution in [3.8, 4) is 11.5 Å². The summed E-state index contributed by atoms with van der Waals surface area (Å²) in [5.41, 5.74) is 2.41. The first-order chi connectivity index (χ1) is 12.3. The summed E-state index contributed by atoms with van der Waals surface area (Å²) in [5, 5.41) is 0. The van der Waals surface area contributed by atoms with Crippen LogP contribution in [-0.4, -0.2) is 43.8 Å². The lowest BCUT2D eigenvalue weighted by molar-refractivity contribution is 0.0706. The van der Waals surface area contributed by atoms with Gasteiger partial charge in [0.25, 0.3) is 5.91 Å². The Labute approximate surface area is 146 Å². The first-order valence-electron chi connectivity index (χ1n) is 8.48. The average molecular weight is 333 g/mol. The highest BCUT2D eigenvalue weighted by atomic mass is 16.2. The predicted molar refractivity (Wildman–Crippen MR) is 93.9 cm³/mol. The van der Waals surface area contributed by atoms with Gasteiger partial charge in [0, 0.05) is 49.4 Å². The minimum atomic E-state index is 0.0775. The maximum Gasteiger partial charge on any atom is 0.253 e. The number of hydrogen-bond donors (Lipinski definition) is 1. The lowest BCUT2D eigenvalue weighted by Gasteiger charge is -2.33. The van der Waals surface area contributed by atoms with E-state index < -0.39 is 0 Å². The molecule has 1 amide bonds. The van der Waals surface area contributed by atoms with E-state index in [0.717, 1.165) is 42.2 Å². The summed E-state index contributed by atoms with van der Waals surface area (Å²) in [4.78, 5) is 31.1. The molecule has 6 nitrogen and oxygen atoms in total. The summed E-state index contributed by atoms with van der Waals surface area (Å²) >= 11 is 0. The number of H-pyrrole nitrogens is 1. The first-order valence-corrected chi connectivity index (χ1v) is 8.48. The van der Waals surface area contributed by atoms with E-state index in [1.165, 1.54) is 0 Å². The molecular formula is C19H19N5O.